The van der Waals surface area contributed by atoms with Gasteiger partial charge >= 0.3 is 0 Å². The highest BCUT2D eigenvalue weighted by Gasteiger charge is 2.16. The van der Waals surface area contributed by atoms with Crippen molar-refractivity contribution in [1.82, 2.24) is 0 Å². The second-order valence-electron chi connectivity index (χ2n) is 11.3. The molecule has 1 aromatic heterocycles. The van der Waals surface area contributed by atoms with Crippen LogP contribution in [0.15, 0.2) is 158 Å². The zero-order valence-corrected chi connectivity index (χ0v) is 24.2. The van der Waals surface area contributed by atoms with Crippen molar-refractivity contribution >= 4 is 63.8 Å². The third-order valence-electron chi connectivity index (χ3n) is 8.86. The van der Waals surface area contributed by atoms with E-state index in [2.05, 4.69) is 158 Å². The van der Waals surface area contributed by atoms with Crippen LogP contribution in [0.5, 0.6) is 0 Å². The Kier molecular flexibility index (Phi) is 5.47. The summed E-state index contributed by atoms with van der Waals surface area (Å²) in [6.07, 6.45) is 0. The van der Waals surface area contributed by atoms with Crippen LogP contribution in [0.1, 0.15) is 0 Å². The third kappa shape index (κ3) is 3.82. The first kappa shape index (κ1) is 24.4. The lowest BCUT2D eigenvalue weighted by Crippen LogP contribution is -1.90. The van der Waals surface area contributed by atoms with Gasteiger partial charge in [0.1, 0.15) is 0 Å². The van der Waals surface area contributed by atoms with Crippen LogP contribution in [0.3, 0.4) is 0 Å². The van der Waals surface area contributed by atoms with E-state index in [-0.39, 0.29) is 0 Å². The fraction of sp³-hybridized carbons (Fsp3) is 0. The zero-order valence-electron chi connectivity index (χ0n) is 23.4. The van der Waals surface area contributed by atoms with Gasteiger partial charge in [-0.1, -0.05) is 152 Å². The van der Waals surface area contributed by atoms with Gasteiger partial charge in [-0.2, -0.15) is 0 Å². The molecule has 0 saturated heterocycles. The maximum atomic E-state index is 2.36. The van der Waals surface area contributed by atoms with E-state index in [1.807, 2.05) is 11.3 Å². The zero-order chi connectivity index (χ0) is 28.3. The quantitative estimate of drug-likeness (QED) is 0.188. The van der Waals surface area contributed by atoms with Crippen molar-refractivity contribution < 1.29 is 0 Å². The predicted molar refractivity (Wildman–Crippen MR) is 188 cm³/mol. The second kappa shape index (κ2) is 9.66. The monoisotopic (exact) mass is 562 g/mol. The molecule has 0 radical (unpaired) electrons. The molecule has 0 amide bonds. The van der Waals surface area contributed by atoms with Gasteiger partial charge in [-0.05, 0) is 71.8 Å². The van der Waals surface area contributed by atoms with E-state index in [1.165, 1.54) is 85.9 Å². The van der Waals surface area contributed by atoms with Gasteiger partial charge < -0.3 is 0 Å². The minimum atomic E-state index is 1.24. The summed E-state index contributed by atoms with van der Waals surface area (Å²) in [4.78, 5) is 0. The molecule has 0 unspecified atom stereocenters. The molecule has 0 nitrogen and oxygen atoms in total. The number of hydrogen-bond donors (Lipinski definition) is 0. The van der Waals surface area contributed by atoms with Gasteiger partial charge in [-0.25, -0.2) is 0 Å². The van der Waals surface area contributed by atoms with Gasteiger partial charge in [0.25, 0.3) is 0 Å². The van der Waals surface area contributed by atoms with Gasteiger partial charge in [0, 0.05) is 20.2 Å². The van der Waals surface area contributed by atoms with E-state index in [0.717, 1.165) is 0 Å². The highest BCUT2D eigenvalue weighted by molar-refractivity contribution is 7.26. The van der Waals surface area contributed by atoms with E-state index in [0.29, 0.717) is 0 Å². The summed E-state index contributed by atoms with van der Waals surface area (Å²) >= 11 is 1.90. The summed E-state index contributed by atoms with van der Waals surface area (Å²) in [5, 5.41) is 10.5. The number of benzene rings is 8. The van der Waals surface area contributed by atoms with Crippen LogP contribution in [0.25, 0.3) is 85.9 Å². The Balaban J connectivity index is 1.19. The van der Waals surface area contributed by atoms with Crippen molar-refractivity contribution in [3.05, 3.63) is 158 Å². The van der Waals surface area contributed by atoms with Crippen molar-refractivity contribution in [2.45, 2.75) is 0 Å². The topological polar surface area (TPSA) is 0 Å². The molecule has 1 heterocycles. The van der Waals surface area contributed by atoms with Gasteiger partial charge in [0.15, 0.2) is 0 Å². The Hall–Kier alpha value is -5.24. The molecule has 0 aliphatic heterocycles. The third-order valence-corrected chi connectivity index (χ3v) is 10.1. The summed E-state index contributed by atoms with van der Waals surface area (Å²) < 4.78 is 2.71. The average Bonchev–Trinajstić information content (AvgIpc) is 3.46. The Morgan fingerprint density at radius 3 is 1.44 bits per heavy atom. The highest BCUT2D eigenvalue weighted by atomic mass is 32.1. The van der Waals surface area contributed by atoms with E-state index in [9.17, 15) is 0 Å². The molecular formula is C42H26S. The molecule has 0 spiro atoms. The van der Waals surface area contributed by atoms with Crippen molar-refractivity contribution in [2.24, 2.45) is 0 Å². The Bertz CT molecular complexity index is 2420. The van der Waals surface area contributed by atoms with Crippen LogP contribution < -0.4 is 0 Å². The van der Waals surface area contributed by atoms with Crippen LogP contribution in [0.2, 0.25) is 0 Å². The molecule has 9 aromatic rings. The summed E-state index contributed by atoms with van der Waals surface area (Å²) in [5.41, 5.74) is 7.58. The van der Waals surface area contributed by atoms with E-state index in [1.54, 1.807) is 0 Å². The summed E-state index contributed by atoms with van der Waals surface area (Å²) in [6.45, 7) is 0. The fourth-order valence-corrected chi connectivity index (χ4v) is 8.15. The molecule has 43 heavy (non-hydrogen) atoms. The minimum absolute atomic E-state index is 1.24. The smallest absolute Gasteiger partial charge is 0.0433 e. The Labute approximate surface area is 254 Å². The highest BCUT2D eigenvalue weighted by Crippen LogP contribution is 2.44. The standard InChI is InChI=1S/C42H26S/c1-2-11-29(12-3-1)40-34-14-6-8-16-36(34)41(37-17-9-7-15-35(37)40)30-20-18-27(19-21-30)31-23-24-33-38-25-22-28-10-4-5-13-32(28)42(38)43-39(33)26-31/h1-26H. The SMILES string of the molecule is c1ccc(-c2c3ccccc3c(-c3ccc(-c4ccc5c(c4)sc4c6ccccc6ccc54)cc3)c3ccccc23)cc1. The maximum absolute atomic E-state index is 2.36. The van der Waals surface area contributed by atoms with Gasteiger partial charge in [0.2, 0.25) is 0 Å². The van der Waals surface area contributed by atoms with Gasteiger partial charge in [-0.15, -0.1) is 11.3 Å². The summed E-state index contributed by atoms with van der Waals surface area (Å²) in [6, 6.07) is 57.8. The number of fused-ring (bicyclic) bond motifs is 7. The number of rotatable bonds is 3. The van der Waals surface area contributed by atoms with Gasteiger partial charge in [0.05, 0.1) is 0 Å². The lowest BCUT2D eigenvalue weighted by Gasteiger charge is -2.18. The van der Waals surface area contributed by atoms with Crippen LogP contribution in [-0.2, 0) is 0 Å². The molecule has 0 saturated carbocycles. The molecule has 9 rings (SSSR count). The summed E-state index contributed by atoms with van der Waals surface area (Å²) in [5.74, 6) is 0. The normalized spacial score (nSPS) is 11.7. The van der Waals surface area contributed by atoms with Crippen LogP contribution >= 0.6 is 11.3 Å². The van der Waals surface area contributed by atoms with Crippen molar-refractivity contribution in [2.75, 3.05) is 0 Å². The molecule has 0 aliphatic carbocycles. The van der Waals surface area contributed by atoms with Crippen molar-refractivity contribution in [3.8, 4) is 33.4 Å². The van der Waals surface area contributed by atoms with E-state index < -0.39 is 0 Å². The number of thiophene rings is 1. The molecule has 0 bridgehead atoms. The molecule has 1 heteroatoms. The van der Waals surface area contributed by atoms with Crippen LogP contribution in [0, 0.1) is 0 Å². The lowest BCUT2D eigenvalue weighted by molar-refractivity contribution is 1.63. The number of hydrogen-bond acceptors (Lipinski definition) is 1. The maximum Gasteiger partial charge on any atom is 0.0433 e. The van der Waals surface area contributed by atoms with Gasteiger partial charge in [-0.3, -0.25) is 0 Å². The average molecular weight is 563 g/mol. The first-order chi connectivity index (χ1) is 21.3. The van der Waals surface area contributed by atoms with Crippen LogP contribution in [0.4, 0.5) is 0 Å². The molecule has 0 atom stereocenters. The molecule has 200 valence electrons. The first-order valence-electron chi connectivity index (χ1n) is 14.8. The molecule has 0 aliphatic rings. The molecule has 0 N–H and O–H groups in total. The van der Waals surface area contributed by atoms with E-state index in [4.69, 9.17) is 0 Å². The predicted octanol–water partition coefficient (Wildman–Crippen LogP) is 12.5. The fourth-order valence-electron chi connectivity index (χ4n) is 6.87. The minimum Gasteiger partial charge on any atom is -0.135 e. The Morgan fingerprint density at radius 1 is 0.302 bits per heavy atom. The van der Waals surface area contributed by atoms with E-state index >= 15 is 0 Å². The molecule has 8 aromatic carbocycles. The largest absolute Gasteiger partial charge is 0.135 e. The van der Waals surface area contributed by atoms with Crippen LogP contribution in [-0.4, -0.2) is 0 Å². The Morgan fingerprint density at radius 2 is 0.791 bits per heavy atom. The van der Waals surface area contributed by atoms with Crippen molar-refractivity contribution in [3.63, 3.8) is 0 Å². The molecule has 0 fully saturated rings. The summed E-state index contributed by atoms with van der Waals surface area (Å²) in [7, 11) is 0. The first-order valence-corrected chi connectivity index (χ1v) is 15.6. The second-order valence-corrected chi connectivity index (χ2v) is 12.3. The lowest BCUT2D eigenvalue weighted by atomic mass is 9.86. The van der Waals surface area contributed by atoms with Crippen molar-refractivity contribution in [1.29, 1.82) is 0 Å². The molecular weight excluding hydrogens is 537 g/mol.